The summed E-state index contributed by atoms with van der Waals surface area (Å²) in [6.45, 7) is 2.23. The van der Waals surface area contributed by atoms with Gasteiger partial charge in [-0.2, -0.15) is 0 Å². The second-order valence-corrected chi connectivity index (χ2v) is 5.27. The highest BCUT2D eigenvalue weighted by Crippen LogP contribution is 2.47. The first kappa shape index (κ1) is 11.5. The maximum absolute atomic E-state index is 10.2. The van der Waals surface area contributed by atoms with Crippen molar-refractivity contribution in [3.8, 4) is 0 Å². The van der Waals surface area contributed by atoms with E-state index in [0.29, 0.717) is 18.1 Å². The van der Waals surface area contributed by atoms with Gasteiger partial charge < -0.3 is 9.52 Å². The number of hydrogen-bond donors (Lipinski definition) is 1. The van der Waals surface area contributed by atoms with Crippen LogP contribution in [-0.2, 0) is 6.42 Å². The minimum atomic E-state index is -0.546. The lowest BCUT2D eigenvalue weighted by Crippen LogP contribution is -2.00. The molecule has 2 aromatic rings. The van der Waals surface area contributed by atoms with Crippen molar-refractivity contribution in [2.24, 2.45) is 5.92 Å². The molecule has 1 aromatic carbocycles. The lowest BCUT2D eigenvalue weighted by molar-refractivity contribution is 0.148. The molecule has 0 aliphatic heterocycles. The SMILES string of the molecule is CC1CC1c1ccc(C(O)Cc2ccccc2)o1. The molecule has 0 amide bonds. The van der Waals surface area contributed by atoms with Crippen molar-refractivity contribution in [3.63, 3.8) is 0 Å². The van der Waals surface area contributed by atoms with Gasteiger partial charge in [0.15, 0.2) is 0 Å². The monoisotopic (exact) mass is 242 g/mol. The Kier molecular flexibility index (Phi) is 2.96. The van der Waals surface area contributed by atoms with Gasteiger partial charge >= 0.3 is 0 Å². The van der Waals surface area contributed by atoms with E-state index in [4.69, 9.17) is 4.42 Å². The molecule has 0 spiro atoms. The molecule has 1 aromatic heterocycles. The topological polar surface area (TPSA) is 33.4 Å². The summed E-state index contributed by atoms with van der Waals surface area (Å²) in [7, 11) is 0. The summed E-state index contributed by atoms with van der Waals surface area (Å²) >= 11 is 0. The second-order valence-electron chi connectivity index (χ2n) is 5.27. The Balaban J connectivity index is 1.69. The van der Waals surface area contributed by atoms with Crippen molar-refractivity contribution in [1.82, 2.24) is 0 Å². The van der Waals surface area contributed by atoms with Gasteiger partial charge in [-0.1, -0.05) is 37.3 Å². The molecule has 0 saturated heterocycles. The van der Waals surface area contributed by atoms with Crippen molar-refractivity contribution >= 4 is 0 Å². The van der Waals surface area contributed by atoms with E-state index < -0.39 is 6.10 Å². The molecule has 3 rings (SSSR count). The summed E-state index contributed by atoms with van der Waals surface area (Å²) in [5.74, 6) is 3.02. The summed E-state index contributed by atoms with van der Waals surface area (Å²) < 4.78 is 5.76. The Labute approximate surface area is 107 Å². The molecule has 94 valence electrons. The zero-order chi connectivity index (χ0) is 12.5. The molecule has 1 aliphatic rings. The van der Waals surface area contributed by atoms with Crippen LogP contribution in [0.4, 0.5) is 0 Å². The predicted octanol–water partition coefficient (Wildman–Crippen LogP) is 3.68. The molecule has 1 fully saturated rings. The third kappa shape index (κ3) is 2.34. The molecular formula is C16H18O2. The van der Waals surface area contributed by atoms with Crippen LogP contribution in [0.1, 0.15) is 42.5 Å². The van der Waals surface area contributed by atoms with Crippen LogP contribution in [0.25, 0.3) is 0 Å². The molecular weight excluding hydrogens is 224 g/mol. The zero-order valence-electron chi connectivity index (χ0n) is 10.5. The highest BCUT2D eigenvalue weighted by atomic mass is 16.4. The van der Waals surface area contributed by atoms with Crippen molar-refractivity contribution in [3.05, 3.63) is 59.5 Å². The molecule has 3 atom stereocenters. The fourth-order valence-corrected chi connectivity index (χ4v) is 2.40. The quantitative estimate of drug-likeness (QED) is 0.887. The Bertz CT molecular complexity index is 515. The molecule has 1 saturated carbocycles. The molecule has 1 heterocycles. The third-order valence-electron chi connectivity index (χ3n) is 3.72. The van der Waals surface area contributed by atoms with Crippen LogP contribution in [0, 0.1) is 5.92 Å². The van der Waals surface area contributed by atoms with Crippen LogP contribution in [-0.4, -0.2) is 5.11 Å². The van der Waals surface area contributed by atoms with E-state index in [9.17, 15) is 5.11 Å². The Morgan fingerprint density at radius 3 is 2.61 bits per heavy atom. The van der Waals surface area contributed by atoms with E-state index in [2.05, 4.69) is 6.92 Å². The van der Waals surface area contributed by atoms with Gasteiger partial charge in [0.25, 0.3) is 0 Å². The van der Waals surface area contributed by atoms with Crippen LogP contribution < -0.4 is 0 Å². The normalized spacial score (nSPS) is 23.9. The average Bonchev–Trinajstić information content (AvgIpc) is 2.93. The lowest BCUT2D eigenvalue weighted by Gasteiger charge is -2.07. The Hall–Kier alpha value is -1.54. The second kappa shape index (κ2) is 4.62. The first-order valence-corrected chi connectivity index (χ1v) is 6.55. The van der Waals surface area contributed by atoms with Crippen molar-refractivity contribution in [1.29, 1.82) is 0 Å². The largest absolute Gasteiger partial charge is 0.463 e. The van der Waals surface area contributed by atoms with Crippen LogP contribution in [0.2, 0.25) is 0 Å². The zero-order valence-corrected chi connectivity index (χ0v) is 10.5. The van der Waals surface area contributed by atoms with Gasteiger partial charge in [-0.3, -0.25) is 0 Å². The molecule has 2 nitrogen and oxygen atoms in total. The molecule has 1 N–H and O–H groups in total. The summed E-state index contributed by atoms with van der Waals surface area (Å²) in [5, 5.41) is 10.2. The van der Waals surface area contributed by atoms with E-state index in [1.54, 1.807) is 0 Å². The van der Waals surface area contributed by atoms with Gasteiger partial charge in [-0.15, -0.1) is 0 Å². The molecule has 3 unspecified atom stereocenters. The van der Waals surface area contributed by atoms with E-state index in [1.807, 2.05) is 42.5 Å². The average molecular weight is 242 g/mol. The van der Waals surface area contributed by atoms with Crippen LogP contribution in [0.5, 0.6) is 0 Å². The predicted molar refractivity (Wildman–Crippen MR) is 70.3 cm³/mol. The highest BCUT2D eigenvalue weighted by Gasteiger charge is 2.36. The molecule has 2 heteroatoms. The molecule has 0 radical (unpaired) electrons. The maximum Gasteiger partial charge on any atom is 0.133 e. The van der Waals surface area contributed by atoms with Crippen molar-refractivity contribution in [2.45, 2.75) is 31.8 Å². The maximum atomic E-state index is 10.2. The van der Waals surface area contributed by atoms with Gasteiger partial charge in [0.1, 0.15) is 17.6 Å². The first-order chi connectivity index (χ1) is 8.74. The fraction of sp³-hybridized carbons (Fsp3) is 0.375. The summed E-state index contributed by atoms with van der Waals surface area (Å²) in [6.07, 6.45) is 1.27. The van der Waals surface area contributed by atoms with Gasteiger partial charge in [0.2, 0.25) is 0 Å². The van der Waals surface area contributed by atoms with E-state index >= 15 is 0 Å². The molecule has 18 heavy (non-hydrogen) atoms. The van der Waals surface area contributed by atoms with Gasteiger partial charge in [-0.05, 0) is 30.0 Å². The van der Waals surface area contributed by atoms with Crippen LogP contribution in [0.15, 0.2) is 46.9 Å². The van der Waals surface area contributed by atoms with Crippen molar-refractivity contribution < 1.29 is 9.52 Å². The van der Waals surface area contributed by atoms with E-state index in [-0.39, 0.29) is 0 Å². The van der Waals surface area contributed by atoms with Crippen molar-refractivity contribution in [2.75, 3.05) is 0 Å². The Morgan fingerprint density at radius 2 is 1.94 bits per heavy atom. The Morgan fingerprint density at radius 1 is 1.22 bits per heavy atom. The number of benzene rings is 1. The summed E-state index contributed by atoms with van der Waals surface area (Å²) in [4.78, 5) is 0. The van der Waals surface area contributed by atoms with Crippen LogP contribution in [0.3, 0.4) is 0 Å². The van der Waals surface area contributed by atoms with E-state index in [1.165, 1.54) is 6.42 Å². The summed E-state index contributed by atoms with van der Waals surface area (Å²) in [5.41, 5.74) is 1.13. The minimum Gasteiger partial charge on any atom is -0.463 e. The van der Waals surface area contributed by atoms with Gasteiger partial charge in [0.05, 0.1) is 0 Å². The number of aliphatic hydroxyl groups excluding tert-OH is 1. The number of hydrogen-bond acceptors (Lipinski definition) is 2. The third-order valence-corrected chi connectivity index (χ3v) is 3.72. The lowest BCUT2D eigenvalue weighted by atomic mass is 10.1. The number of aliphatic hydroxyl groups is 1. The molecule has 1 aliphatic carbocycles. The fourth-order valence-electron chi connectivity index (χ4n) is 2.40. The minimum absolute atomic E-state index is 0.546. The smallest absolute Gasteiger partial charge is 0.133 e. The first-order valence-electron chi connectivity index (χ1n) is 6.55. The number of rotatable bonds is 4. The standard InChI is InChI=1S/C16H18O2/c1-11-9-13(11)15-7-8-16(18-15)14(17)10-12-5-3-2-4-6-12/h2-8,11,13-14,17H,9-10H2,1H3. The van der Waals surface area contributed by atoms with Gasteiger partial charge in [-0.25, -0.2) is 0 Å². The van der Waals surface area contributed by atoms with E-state index in [0.717, 1.165) is 17.2 Å². The molecule has 0 bridgehead atoms. The van der Waals surface area contributed by atoms with Gasteiger partial charge in [0, 0.05) is 12.3 Å². The number of furan rings is 1. The van der Waals surface area contributed by atoms with Crippen LogP contribution >= 0.6 is 0 Å². The summed E-state index contributed by atoms with van der Waals surface area (Å²) in [6, 6.07) is 13.9. The highest BCUT2D eigenvalue weighted by molar-refractivity contribution is 5.21.